The van der Waals surface area contributed by atoms with E-state index in [0.29, 0.717) is 0 Å². The van der Waals surface area contributed by atoms with Gasteiger partial charge in [-0.1, -0.05) is 45.4 Å². The Bertz CT molecular complexity index is 230. The summed E-state index contributed by atoms with van der Waals surface area (Å²) < 4.78 is 0. The third-order valence-corrected chi connectivity index (χ3v) is 2.82. The predicted octanol–water partition coefficient (Wildman–Crippen LogP) is 4.37. The predicted molar refractivity (Wildman–Crippen MR) is 65.9 cm³/mol. The molecule has 0 saturated heterocycles. The van der Waals surface area contributed by atoms with Crippen LogP contribution in [-0.2, 0) is 6.42 Å². The van der Waals surface area contributed by atoms with Gasteiger partial charge in [0.25, 0.3) is 0 Å². The van der Waals surface area contributed by atoms with Crippen LogP contribution < -0.4 is 0 Å². The minimum atomic E-state index is 1.22. The quantitative estimate of drug-likeness (QED) is 0.574. The van der Waals surface area contributed by atoms with Crippen LogP contribution >= 0.6 is 0 Å². The van der Waals surface area contributed by atoms with Gasteiger partial charge in [-0.05, 0) is 30.5 Å². The van der Waals surface area contributed by atoms with Gasteiger partial charge < -0.3 is 0 Å². The van der Waals surface area contributed by atoms with E-state index in [9.17, 15) is 0 Å². The van der Waals surface area contributed by atoms with Gasteiger partial charge in [-0.15, -0.1) is 0 Å². The van der Waals surface area contributed by atoms with Gasteiger partial charge in [0.15, 0.2) is 0 Å². The Labute approximate surface area is 93.9 Å². The van der Waals surface area contributed by atoms with Crippen molar-refractivity contribution in [3.05, 3.63) is 30.1 Å². The van der Waals surface area contributed by atoms with Gasteiger partial charge in [-0.3, -0.25) is 4.98 Å². The molecule has 1 nitrogen and oxygen atoms in total. The largest absolute Gasteiger partial charge is 0.265 e. The van der Waals surface area contributed by atoms with Crippen molar-refractivity contribution in [2.45, 2.75) is 58.3 Å². The lowest BCUT2D eigenvalue weighted by molar-refractivity contribution is 0.589. The molecule has 15 heavy (non-hydrogen) atoms. The van der Waals surface area contributed by atoms with E-state index in [1.807, 2.05) is 12.4 Å². The van der Waals surface area contributed by atoms with Crippen molar-refractivity contribution in [2.75, 3.05) is 0 Å². The standard InChI is InChI=1S/C14H23N/c1-2-3-4-5-6-7-8-9-14-10-12-15-13-11-14/h10-13H,2-9H2,1H3. The molecule has 0 spiro atoms. The van der Waals surface area contributed by atoms with Gasteiger partial charge >= 0.3 is 0 Å². The zero-order chi connectivity index (χ0) is 10.8. The summed E-state index contributed by atoms with van der Waals surface area (Å²) in [5, 5.41) is 0. The average Bonchev–Trinajstić information content (AvgIpc) is 2.29. The minimum absolute atomic E-state index is 1.22. The second-order valence-corrected chi connectivity index (χ2v) is 4.23. The van der Waals surface area contributed by atoms with Crippen LogP contribution in [0.15, 0.2) is 24.5 Å². The normalized spacial score (nSPS) is 10.5. The van der Waals surface area contributed by atoms with Crippen molar-refractivity contribution in [3.8, 4) is 0 Å². The number of nitrogens with zero attached hydrogens (tertiary/aromatic N) is 1. The van der Waals surface area contributed by atoms with Crippen molar-refractivity contribution in [1.82, 2.24) is 4.98 Å². The molecule has 1 aromatic rings. The van der Waals surface area contributed by atoms with Crippen LogP contribution in [0.3, 0.4) is 0 Å². The Morgan fingerprint density at radius 3 is 2.13 bits per heavy atom. The fourth-order valence-corrected chi connectivity index (χ4v) is 1.84. The average molecular weight is 205 g/mol. The number of aryl methyl sites for hydroxylation is 1. The summed E-state index contributed by atoms with van der Waals surface area (Å²) in [6.07, 6.45) is 14.7. The molecule has 1 heterocycles. The molecule has 1 rings (SSSR count). The monoisotopic (exact) mass is 205 g/mol. The van der Waals surface area contributed by atoms with Gasteiger partial charge in [-0.25, -0.2) is 0 Å². The van der Waals surface area contributed by atoms with Crippen LogP contribution in [0.5, 0.6) is 0 Å². The first-order valence-electron chi connectivity index (χ1n) is 6.32. The fourth-order valence-electron chi connectivity index (χ4n) is 1.84. The van der Waals surface area contributed by atoms with Crippen molar-refractivity contribution < 1.29 is 0 Å². The van der Waals surface area contributed by atoms with E-state index in [1.165, 1.54) is 56.9 Å². The first kappa shape index (κ1) is 12.2. The Kier molecular flexibility index (Phi) is 6.89. The number of pyridine rings is 1. The van der Waals surface area contributed by atoms with Crippen LogP contribution in [0.1, 0.15) is 57.4 Å². The topological polar surface area (TPSA) is 12.9 Å². The Morgan fingerprint density at radius 1 is 0.867 bits per heavy atom. The van der Waals surface area contributed by atoms with Crippen molar-refractivity contribution >= 4 is 0 Å². The van der Waals surface area contributed by atoms with E-state index < -0.39 is 0 Å². The van der Waals surface area contributed by atoms with Gasteiger partial charge in [-0.2, -0.15) is 0 Å². The maximum absolute atomic E-state index is 4.02. The number of rotatable bonds is 8. The highest BCUT2D eigenvalue weighted by Gasteiger charge is 1.93. The lowest BCUT2D eigenvalue weighted by Crippen LogP contribution is -1.86. The maximum Gasteiger partial charge on any atom is 0.0270 e. The second-order valence-electron chi connectivity index (χ2n) is 4.23. The van der Waals surface area contributed by atoms with Crippen LogP contribution in [0, 0.1) is 0 Å². The molecule has 0 aliphatic heterocycles. The summed E-state index contributed by atoms with van der Waals surface area (Å²) in [5.74, 6) is 0. The van der Waals surface area contributed by atoms with E-state index in [-0.39, 0.29) is 0 Å². The van der Waals surface area contributed by atoms with Gasteiger partial charge in [0.1, 0.15) is 0 Å². The fraction of sp³-hybridized carbons (Fsp3) is 0.643. The zero-order valence-electron chi connectivity index (χ0n) is 9.91. The van der Waals surface area contributed by atoms with Crippen LogP contribution in [-0.4, -0.2) is 4.98 Å². The van der Waals surface area contributed by atoms with Crippen LogP contribution in [0.25, 0.3) is 0 Å². The van der Waals surface area contributed by atoms with E-state index in [2.05, 4.69) is 24.0 Å². The molecule has 0 saturated carbocycles. The molecule has 84 valence electrons. The summed E-state index contributed by atoms with van der Waals surface area (Å²) in [5.41, 5.74) is 1.43. The highest BCUT2D eigenvalue weighted by molar-refractivity contribution is 5.09. The lowest BCUT2D eigenvalue weighted by atomic mass is 10.1. The Balaban J connectivity index is 1.93. The number of hydrogen-bond donors (Lipinski definition) is 0. The highest BCUT2D eigenvalue weighted by Crippen LogP contribution is 2.09. The molecule has 0 atom stereocenters. The van der Waals surface area contributed by atoms with E-state index in [1.54, 1.807) is 0 Å². The van der Waals surface area contributed by atoms with Crippen molar-refractivity contribution in [2.24, 2.45) is 0 Å². The summed E-state index contributed by atoms with van der Waals surface area (Å²) >= 11 is 0. The van der Waals surface area contributed by atoms with Gasteiger partial charge in [0, 0.05) is 12.4 Å². The molecule has 0 aromatic carbocycles. The molecule has 0 unspecified atom stereocenters. The Morgan fingerprint density at radius 2 is 1.47 bits per heavy atom. The molecular weight excluding hydrogens is 182 g/mol. The number of aromatic nitrogens is 1. The number of hydrogen-bond acceptors (Lipinski definition) is 1. The summed E-state index contributed by atoms with van der Waals surface area (Å²) in [4.78, 5) is 4.02. The molecule has 0 N–H and O–H groups in total. The van der Waals surface area contributed by atoms with Gasteiger partial charge in [0.2, 0.25) is 0 Å². The lowest BCUT2D eigenvalue weighted by Gasteiger charge is -2.01. The maximum atomic E-state index is 4.02. The number of unbranched alkanes of at least 4 members (excludes halogenated alkanes) is 6. The Hall–Kier alpha value is -0.850. The first-order chi connectivity index (χ1) is 7.43. The smallest absolute Gasteiger partial charge is 0.0270 e. The summed E-state index contributed by atoms with van der Waals surface area (Å²) in [6.45, 7) is 2.27. The second kappa shape index (κ2) is 8.46. The molecule has 0 aliphatic carbocycles. The molecule has 0 fully saturated rings. The summed E-state index contributed by atoms with van der Waals surface area (Å²) in [6, 6.07) is 4.24. The van der Waals surface area contributed by atoms with Crippen molar-refractivity contribution in [3.63, 3.8) is 0 Å². The first-order valence-corrected chi connectivity index (χ1v) is 6.32. The van der Waals surface area contributed by atoms with E-state index in [4.69, 9.17) is 0 Å². The molecule has 1 aromatic heterocycles. The molecule has 0 amide bonds. The van der Waals surface area contributed by atoms with E-state index in [0.717, 1.165) is 0 Å². The molecule has 1 heteroatoms. The minimum Gasteiger partial charge on any atom is -0.265 e. The molecular formula is C14H23N. The van der Waals surface area contributed by atoms with Crippen molar-refractivity contribution in [1.29, 1.82) is 0 Å². The van der Waals surface area contributed by atoms with Crippen LogP contribution in [0.2, 0.25) is 0 Å². The highest BCUT2D eigenvalue weighted by atomic mass is 14.6. The molecule has 0 radical (unpaired) electrons. The van der Waals surface area contributed by atoms with Gasteiger partial charge in [0.05, 0.1) is 0 Å². The summed E-state index contributed by atoms with van der Waals surface area (Å²) in [7, 11) is 0. The zero-order valence-corrected chi connectivity index (χ0v) is 9.91. The molecule has 0 bridgehead atoms. The SMILES string of the molecule is CCCCCCCCCc1ccncc1. The van der Waals surface area contributed by atoms with Crippen LogP contribution in [0.4, 0.5) is 0 Å². The van der Waals surface area contributed by atoms with E-state index >= 15 is 0 Å². The third kappa shape index (κ3) is 6.27. The molecule has 0 aliphatic rings. The third-order valence-electron chi connectivity index (χ3n) is 2.82.